The van der Waals surface area contributed by atoms with Gasteiger partial charge in [0.05, 0.1) is 12.9 Å². The Bertz CT molecular complexity index is 1160. The molecule has 0 saturated carbocycles. The molecule has 1 N–H and O–H groups in total. The number of esters is 1. The van der Waals surface area contributed by atoms with Crippen LogP contribution in [-0.2, 0) is 30.7 Å². The fourth-order valence-electron chi connectivity index (χ4n) is 4.39. The summed E-state index contributed by atoms with van der Waals surface area (Å²) in [6.07, 6.45) is 2.71. The Kier molecular flexibility index (Phi) is 6.42. The number of carbonyl (C=O) groups excluding carboxylic acids is 2. The summed E-state index contributed by atoms with van der Waals surface area (Å²) < 4.78 is 34.9. The van der Waals surface area contributed by atoms with Crippen LogP contribution in [0.5, 0.6) is 0 Å². The smallest absolute Gasteiger partial charge is 0.407 e. The zero-order chi connectivity index (χ0) is 23.5. The first-order chi connectivity index (χ1) is 15.8. The third-order valence-electron chi connectivity index (χ3n) is 6.07. The number of nitrogens with one attached hydrogen (secondary N) is 1. The third kappa shape index (κ3) is 4.88. The summed E-state index contributed by atoms with van der Waals surface area (Å²) in [5, 5.41) is 2.71. The van der Waals surface area contributed by atoms with Gasteiger partial charge in [-0.3, -0.25) is 0 Å². The maximum absolute atomic E-state index is 13.0. The van der Waals surface area contributed by atoms with Crippen molar-refractivity contribution in [3.63, 3.8) is 0 Å². The van der Waals surface area contributed by atoms with E-state index in [1.165, 1.54) is 13.2 Å². The van der Waals surface area contributed by atoms with Crippen LogP contribution in [0, 0.1) is 0 Å². The molecule has 2 heterocycles. The van der Waals surface area contributed by atoms with Gasteiger partial charge in [0.2, 0.25) is 0 Å². The standard InChI is InChI=1S/C24H26N2O6S/c1-31-22(27)12-11-19-9-5-6-10-21(19)26-16-24(17-26)13-20(15-33(24,29)30)25-23(28)32-14-18-7-3-2-4-8-18/h2-12,20H,13-17H2,1H3,(H,25,28)/b12-11+. The highest BCUT2D eigenvalue weighted by Gasteiger charge is 2.59. The topological polar surface area (TPSA) is 102 Å². The maximum Gasteiger partial charge on any atom is 0.407 e. The molecule has 4 rings (SSSR count). The van der Waals surface area contributed by atoms with Gasteiger partial charge in [-0.05, 0) is 29.7 Å². The number of para-hydroxylation sites is 1. The lowest BCUT2D eigenvalue weighted by Crippen LogP contribution is -2.64. The molecular weight excluding hydrogens is 444 g/mol. The number of alkyl carbamates (subject to hydrolysis) is 1. The average molecular weight is 471 g/mol. The van der Waals surface area contributed by atoms with Crippen molar-refractivity contribution in [2.45, 2.75) is 23.8 Å². The van der Waals surface area contributed by atoms with Crippen LogP contribution >= 0.6 is 0 Å². The molecule has 1 unspecified atom stereocenters. The third-order valence-corrected chi connectivity index (χ3v) is 8.65. The molecule has 2 aliphatic rings. The van der Waals surface area contributed by atoms with Crippen LogP contribution in [0.15, 0.2) is 60.7 Å². The Hall–Kier alpha value is -3.33. The van der Waals surface area contributed by atoms with E-state index in [0.29, 0.717) is 19.5 Å². The van der Waals surface area contributed by atoms with Crippen LogP contribution in [0.1, 0.15) is 17.5 Å². The van der Waals surface area contributed by atoms with E-state index < -0.39 is 32.7 Å². The number of nitrogens with zero attached hydrogens (tertiary/aromatic N) is 1. The van der Waals surface area contributed by atoms with Gasteiger partial charge in [0, 0.05) is 30.9 Å². The van der Waals surface area contributed by atoms with Gasteiger partial charge in [0.1, 0.15) is 11.4 Å². The molecule has 9 heteroatoms. The second kappa shape index (κ2) is 9.27. The highest BCUT2D eigenvalue weighted by atomic mass is 32.2. The second-order valence-corrected chi connectivity index (χ2v) is 10.8. The van der Waals surface area contributed by atoms with E-state index in [1.54, 1.807) is 6.08 Å². The Labute approximate surface area is 193 Å². The van der Waals surface area contributed by atoms with Crippen molar-refractivity contribution >= 4 is 33.7 Å². The van der Waals surface area contributed by atoms with Crippen LogP contribution < -0.4 is 10.2 Å². The number of hydrogen-bond donors (Lipinski definition) is 1. The second-order valence-electron chi connectivity index (χ2n) is 8.34. The lowest BCUT2D eigenvalue weighted by atomic mass is 9.91. The van der Waals surface area contributed by atoms with Crippen LogP contribution in [-0.4, -0.2) is 57.2 Å². The fourth-order valence-corrected chi connectivity index (χ4v) is 6.63. The lowest BCUT2D eigenvalue weighted by Gasteiger charge is -2.48. The summed E-state index contributed by atoms with van der Waals surface area (Å²) in [5.41, 5.74) is 2.50. The summed E-state index contributed by atoms with van der Waals surface area (Å²) >= 11 is 0. The van der Waals surface area contributed by atoms with Crippen LogP contribution in [0.25, 0.3) is 6.08 Å². The van der Waals surface area contributed by atoms with E-state index in [-0.39, 0.29) is 12.4 Å². The number of hydrogen-bond acceptors (Lipinski definition) is 7. The van der Waals surface area contributed by atoms with E-state index >= 15 is 0 Å². The van der Waals surface area contributed by atoms with Gasteiger partial charge in [-0.15, -0.1) is 0 Å². The summed E-state index contributed by atoms with van der Waals surface area (Å²) in [7, 11) is -2.09. The largest absolute Gasteiger partial charge is 0.466 e. The summed E-state index contributed by atoms with van der Waals surface area (Å²) in [6, 6.07) is 16.3. The number of amides is 1. The molecule has 174 valence electrons. The predicted octanol–water partition coefficient (Wildman–Crippen LogP) is 2.55. The molecule has 2 fully saturated rings. The molecule has 2 saturated heterocycles. The van der Waals surface area contributed by atoms with Crippen molar-refractivity contribution in [3.05, 3.63) is 71.8 Å². The summed E-state index contributed by atoms with van der Waals surface area (Å²) in [5.74, 6) is -0.568. The number of benzene rings is 2. The summed E-state index contributed by atoms with van der Waals surface area (Å²) in [6.45, 7) is 0.784. The normalized spacial score (nSPS) is 20.4. The van der Waals surface area contributed by atoms with Crippen molar-refractivity contribution in [3.8, 4) is 0 Å². The van der Waals surface area contributed by atoms with E-state index in [1.807, 2.05) is 59.5 Å². The monoisotopic (exact) mass is 470 g/mol. The van der Waals surface area contributed by atoms with E-state index in [2.05, 4.69) is 10.1 Å². The van der Waals surface area contributed by atoms with Crippen molar-refractivity contribution in [2.75, 3.05) is 30.9 Å². The molecule has 2 aromatic carbocycles. The quantitative estimate of drug-likeness (QED) is 0.511. The Balaban J connectivity index is 1.38. The number of carbonyl (C=O) groups is 2. The van der Waals surface area contributed by atoms with Gasteiger partial charge in [0.25, 0.3) is 0 Å². The lowest BCUT2D eigenvalue weighted by molar-refractivity contribution is -0.134. The van der Waals surface area contributed by atoms with Crippen molar-refractivity contribution in [1.82, 2.24) is 5.32 Å². The Morgan fingerprint density at radius 3 is 2.55 bits per heavy atom. The zero-order valence-corrected chi connectivity index (χ0v) is 19.1. The minimum atomic E-state index is -3.40. The Morgan fingerprint density at radius 1 is 1.12 bits per heavy atom. The molecule has 1 spiro atoms. The molecule has 0 aliphatic carbocycles. The minimum absolute atomic E-state index is 0.106. The van der Waals surface area contributed by atoms with Crippen LogP contribution in [0.4, 0.5) is 10.5 Å². The van der Waals surface area contributed by atoms with E-state index in [9.17, 15) is 18.0 Å². The Morgan fingerprint density at radius 2 is 1.82 bits per heavy atom. The molecule has 8 nitrogen and oxygen atoms in total. The number of rotatable bonds is 6. The molecule has 0 aromatic heterocycles. The molecule has 0 bridgehead atoms. The molecular formula is C24H26N2O6S. The van der Waals surface area contributed by atoms with Crippen LogP contribution in [0.2, 0.25) is 0 Å². The molecule has 1 atom stereocenters. The van der Waals surface area contributed by atoms with Crippen molar-refractivity contribution in [1.29, 1.82) is 0 Å². The highest BCUT2D eigenvalue weighted by Crippen LogP contribution is 2.43. The molecule has 2 aliphatic heterocycles. The first-order valence-electron chi connectivity index (χ1n) is 10.6. The average Bonchev–Trinajstić information content (AvgIpc) is 3.05. The van der Waals surface area contributed by atoms with E-state index in [0.717, 1.165) is 16.8 Å². The number of anilines is 1. The number of sulfone groups is 1. The first kappa shape index (κ1) is 22.8. The van der Waals surface area contributed by atoms with Crippen molar-refractivity contribution in [2.24, 2.45) is 0 Å². The van der Waals surface area contributed by atoms with E-state index in [4.69, 9.17) is 4.74 Å². The van der Waals surface area contributed by atoms with Gasteiger partial charge < -0.3 is 19.7 Å². The van der Waals surface area contributed by atoms with Gasteiger partial charge in [-0.25, -0.2) is 18.0 Å². The number of ether oxygens (including phenoxy) is 2. The molecule has 33 heavy (non-hydrogen) atoms. The SMILES string of the molecule is COC(=O)/C=C/c1ccccc1N1CC2(CC(NC(=O)OCc3ccccc3)CS2(=O)=O)C1. The highest BCUT2D eigenvalue weighted by molar-refractivity contribution is 7.93. The van der Waals surface area contributed by atoms with Gasteiger partial charge in [0.15, 0.2) is 9.84 Å². The maximum atomic E-state index is 13.0. The minimum Gasteiger partial charge on any atom is -0.466 e. The van der Waals surface area contributed by atoms with Crippen LogP contribution in [0.3, 0.4) is 0 Å². The first-order valence-corrected chi connectivity index (χ1v) is 12.3. The molecule has 0 radical (unpaired) electrons. The van der Waals surface area contributed by atoms with Crippen molar-refractivity contribution < 1.29 is 27.5 Å². The number of methoxy groups -OCH3 is 1. The zero-order valence-electron chi connectivity index (χ0n) is 18.3. The molecule has 2 aromatic rings. The van der Waals surface area contributed by atoms with Gasteiger partial charge in [-0.1, -0.05) is 48.5 Å². The molecule has 1 amide bonds. The fraction of sp³-hybridized carbons (Fsp3) is 0.333. The summed E-state index contributed by atoms with van der Waals surface area (Å²) in [4.78, 5) is 25.6. The van der Waals surface area contributed by atoms with Gasteiger partial charge >= 0.3 is 12.1 Å². The van der Waals surface area contributed by atoms with Gasteiger partial charge in [-0.2, -0.15) is 0 Å². The predicted molar refractivity (Wildman–Crippen MR) is 124 cm³/mol.